The Balaban J connectivity index is 0.957. The predicted octanol–water partition coefficient (Wildman–Crippen LogP) is 15.9. The maximum atomic E-state index is 2.49. The zero-order valence-corrected chi connectivity index (χ0v) is 34.1. The number of fused-ring (bicyclic) bond motifs is 13. The van der Waals surface area contributed by atoms with Crippen LogP contribution in [0.5, 0.6) is 0 Å². The second-order valence-corrected chi connectivity index (χ2v) is 18.0. The molecule has 0 aliphatic heterocycles. The van der Waals surface area contributed by atoms with E-state index in [1.54, 1.807) is 0 Å². The Morgan fingerprint density at radius 2 is 0.933 bits per heavy atom. The second kappa shape index (κ2) is 12.4. The van der Waals surface area contributed by atoms with Gasteiger partial charge in [-0.15, -0.1) is 11.3 Å². The molecule has 0 fully saturated rings. The molecular weight excluding hydrogens is 745 g/mol. The maximum Gasteiger partial charge on any atom is 0.0547 e. The second-order valence-electron chi connectivity index (χ2n) is 16.9. The lowest BCUT2D eigenvalue weighted by Gasteiger charge is -2.23. The molecule has 0 atom stereocenters. The highest BCUT2D eigenvalue weighted by Crippen LogP contribution is 2.54. The summed E-state index contributed by atoms with van der Waals surface area (Å²) in [5.74, 6) is 0. The van der Waals surface area contributed by atoms with Crippen molar-refractivity contribution in [3.63, 3.8) is 0 Å². The lowest BCUT2D eigenvalue weighted by atomic mass is 9.80. The highest BCUT2D eigenvalue weighted by atomic mass is 32.1. The van der Waals surface area contributed by atoms with E-state index in [0.717, 1.165) is 5.69 Å². The van der Waals surface area contributed by atoms with Crippen molar-refractivity contribution in [2.24, 2.45) is 0 Å². The lowest BCUT2D eigenvalue weighted by molar-refractivity contribution is 0.666. The number of hydrogen-bond donors (Lipinski definition) is 0. The van der Waals surface area contributed by atoms with Crippen molar-refractivity contribution in [3.8, 4) is 44.8 Å². The van der Waals surface area contributed by atoms with Gasteiger partial charge in [0.05, 0.1) is 22.1 Å². The Labute approximate surface area is 351 Å². The fourth-order valence-corrected chi connectivity index (χ4v) is 11.7. The molecule has 0 bridgehead atoms. The molecule has 282 valence electrons. The Morgan fingerprint density at radius 1 is 0.367 bits per heavy atom. The minimum Gasteiger partial charge on any atom is -0.309 e. The first-order chi connectivity index (χ1) is 29.5. The van der Waals surface area contributed by atoms with Gasteiger partial charge in [-0.3, -0.25) is 0 Å². The Bertz CT molecular complexity index is 3730. The van der Waals surface area contributed by atoms with Gasteiger partial charge in [-0.1, -0.05) is 141 Å². The number of nitrogens with zero attached hydrogens (tertiary/aromatic N) is 2. The summed E-state index contributed by atoms with van der Waals surface area (Å²) in [6.45, 7) is 4.84. The molecule has 9 aromatic carbocycles. The SMILES string of the molecule is CC1(C)c2cc(-n3c4ccccc4c4ccc(-c5ccc6c(c5)c5ccccc5n6-c5ccc(-c6ccccc6)cc5)cc43)ccc2-c2ccc3sc4ccccc4c3c21. The summed E-state index contributed by atoms with van der Waals surface area (Å²) in [4.78, 5) is 0. The molecule has 3 aromatic heterocycles. The fraction of sp³-hybridized carbons (Fsp3) is 0.0526. The predicted molar refractivity (Wildman–Crippen MR) is 256 cm³/mol. The number of thiophene rings is 1. The van der Waals surface area contributed by atoms with Gasteiger partial charge in [-0.05, 0) is 111 Å². The van der Waals surface area contributed by atoms with Crippen LogP contribution in [0.25, 0.3) is 109 Å². The zero-order valence-electron chi connectivity index (χ0n) is 33.3. The van der Waals surface area contributed by atoms with Gasteiger partial charge >= 0.3 is 0 Å². The Hall–Kier alpha value is -7.20. The third-order valence-corrected chi connectivity index (χ3v) is 14.4. The molecule has 60 heavy (non-hydrogen) atoms. The van der Waals surface area contributed by atoms with Crippen molar-refractivity contribution < 1.29 is 0 Å². The maximum absolute atomic E-state index is 2.49. The molecule has 13 rings (SSSR count). The van der Waals surface area contributed by atoms with Gasteiger partial charge < -0.3 is 9.13 Å². The van der Waals surface area contributed by atoms with E-state index in [1.165, 1.54) is 114 Å². The van der Waals surface area contributed by atoms with Gasteiger partial charge in [0.2, 0.25) is 0 Å². The van der Waals surface area contributed by atoms with Crippen molar-refractivity contribution in [1.29, 1.82) is 0 Å². The lowest BCUT2D eigenvalue weighted by Crippen LogP contribution is -2.15. The highest BCUT2D eigenvalue weighted by Gasteiger charge is 2.38. The molecular formula is C57H38N2S. The topological polar surface area (TPSA) is 9.86 Å². The van der Waals surface area contributed by atoms with E-state index in [-0.39, 0.29) is 5.41 Å². The number of benzene rings is 9. The molecule has 0 saturated heterocycles. The average Bonchev–Trinajstić information content (AvgIpc) is 4.01. The summed E-state index contributed by atoms with van der Waals surface area (Å²) in [7, 11) is 0. The first-order valence-corrected chi connectivity index (χ1v) is 21.7. The normalized spacial score (nSPS) is 13.3. The molecule has 0 radical (unpaired) electrons. The van der Waals surface area contributed by atoms with E-state index in [0.29, 0.717) is 0 Å². The summed E-state index contributed by atoms with van der Waals surface area (Å²) >= 11 is 1.91. The van der Waals surface area contributed by atoms with Crippen LogP contribution in [-0.4, -0.2) is 9.13 Å². The van der Waals surface area contributed by atoms with Gasteiger partial charge in [0.1, 0.15) is 0 Å². The monoisotopic (exact) mass is 782 g/mol. The molecule has 1 aliphatic carbocycles. The molecule has 3 heteroatoms. The van der Waals surface area contributed by atoms with E-state index in [1.807, 2.05) is 11.3 Å². The van der Waals surface area contributed by atoms with Gasteiger partial charge in [0.15, 0.2) is 0 Å². The molecule has 0 spiro atoms. The summed E-state index contributed by atoms with van der Waals surface area (Å²) in [5.41, 5.74) is 17.5. The average molecular weight is 783 g/mol. The molecule has 0 unspecified atom stereocenters. The van der Waals surface area contributed by atoms with E-state index >= 15 is 0 Å². The summed E-state index contributed by atoms with van der Waals surface area (Å²) < 4.78 is 7.62. The number of rotatable bonds is 4. The van der Waals surface area contributed by atoms with Crippen LogP contribution in [0.1, 0.15) is 25.0 Å². The first-order valence-electron chi connectivity index (χ1n) is 20.8. The number of hydrogen-bond acceptors (Lipinski definition) is 1. The van der Waals surface area contributed by atoms with Crippen molar-refractivity contribution in [1.82, 2.24) is 9.13 Å². The Morgan fingerprint density at radius 3 is 1.73 bits per heavy atom. The zero-order chi connectivity index (χ0) is 39.7. The summed E-state index contributed by atoms with van der Waals surface area (Å²) in [5, 5.41) is 7.82. The van der Waals surface area contributed by atoms with Gasteiger partial charge in [-0.25, -0.2) is 0 Å². The van der Waals surface area contributed by atoms with Crippen molar-refractivity contribution in [3.05, 3.63) is 205 Å². The van der Waals surface area contributed by atoms with Crippen LogP contribution < -0.4 is 0 Å². The molecule has 1 aliphatic rings. The minimum atomic E-state index is -0.160. The quantitative estimate of drug-likeness (QED) is 0.168. The molecule has 12 aromatic rings. The molecule has 2 nitrogen and oxygen atoms in total. The molecule has 0 N–H and O–H groups in total. The van der Waals surface area contributed by atoms with E-state index in [2.05, 4.69) is 217 Å². The van der Waals surface area contributed by atoms with Crippen molar-refractivity contribution in [2.75, 3.05) is 0 Å². The van der Waals surface area contributed by atoms with Crippen LogP contribution in [-0.2, 0) is 5.41 Å². The minimum absolute atomic E-state index is 0.160. The van der Waals surface area contributed by atoms with Crippen molar-refractivity contribution in [2.45, 2.75) is 19.3 Å². The van der Waals surface area contributed by atoms with E-state index in [9.17, 15) is 0 Å². The third kappa shape index (κ3) is 4.70. The van der Waals surface area contributed by atoms with Crippen LogP contribution in [0.15, 0.2) is 194 Å². The van der Waals surface area contributed by atoms with Crippen LogP contribution in [0.4, 0.5) is 0 Å². The van der Waals surface area contributed by atoms with Crippen LogP contribution in [0.2, 0.25) is 0 Å². The van der Waals surface area contributed by atoms with Crippen molar-refractivity contribution >= 4 is 75.1 Å². The van der Waals surface area contributed by atoms with Crippen LogP contribution >= 0.6 is 11.3 Å². The third-order valence-electron chi connectivity index (χ3n) is 13.3. The summed E-state index contributed by atoms with van der Waals surface area (Å²) in [6, 6.07) is 72.1. The van der Waals surface area contributed by atoms with E-state index in [4.69, 9.17) is 0 Å². The fourth-order valence-electron chi connectivity index (χ4n) is 10.5. The first kappa shape index (κ1) is 33.7. The van der Waals surface area contributed by atoms with Gasteiger partial charge in [-0.2, -0.15) is 0 Å². The number of aromatic nitrogens is 2. The standard InChI is InChI=1S/C57H38N2S/c1-57(2)48-34-40(26-28-41(48)45-29-31-54-55(56(45)57)46-16-8-11-19-53(46)60-54)59-49-17-9-6-14-42(49)44-27-22-38(33-52(44)59)37-23-30-51-47(32-37)43-15-7-10-18-50(43)58(51)39-24-20-36(21-25-39)35-12-4-3-5-13-35/h3-34H,1-2H3. The van der Waals surface area contributed by atoms with Crippen LogP contribution in [0.3, 0.4) is 0 Å². The molecule has 0 amide bonds. The van der Waals surface area contributed by atoms with Gasteiger partial charge in [0.25, 0.3) is 0 Å². The highest BCUT2D eigenvalue weighted by molar-refractivity contribution is 7.25. The molecule has 0 saturated carbocycles. The Kier molecular flexibility index (Phi) is 6.98. The molecule has 3 heterocycles. The largest absolute Gasteiger partial charge is 0.309 e. The van der Waals surface area contributed by atoms with Gasteiger partial charge in [0, 0.05) is 58.5 Å². The smallest absolute Gasteiger partial charge is 0.0547 e. The van der Waals surface area contributed by atoms with E-state index < -0.39 is 0 Å². The summed E-state index contributed by atoms with van der Waals surface area (Å²) in [6.07, 6.45) is 0. The van der Waals surface area contributed by atoms with Crippen LogP contribution in [0, 0.1) is 0 Å². The number of para-hydroxylation sites is 2.